The molecule has 0 aromatic heterocycles. The fourth-order valence-corrected chi connectivity index (χ4v) is 3.63. The van der Waals surface area contributed by atoms with E-state index in [0.29, 0.717) is 24.8 Å². The normalized spacial score (nSPS) is 17.1. The van der Waals surface area contributed by atoms with Crippen LogP contribution in [0.3, 0.4) is 0 Å². The Bertz CT molecular complexity index is 832. The number of nitrogens with two attached hydrogens (primary N) is 1. The fourth-order valence-electron chi connectivity index (χ4n) is 2.70. The van der Waals surface area contributed by atoms with Gasteiger partial charge in [0.05, 0.1) is 4.83 Å². The van der Waals surface area contributed by atoms with E-state index < -0.39 is 12.0 Å². The minimum Gasteiger partial charge on any atom is -0.441 e. The fraction of sp³-hybridized carbons (Fsp3) is 0.600. The van der Waals surface area contributed by atoms with E-state index in [1.54, 1.807) is 12.2 Å². The molecule has 1 aliphatic rings. The average Bonchev–Trinajstić information content (AvgIpc) is 2.94. The third kappa shape index (κ3) is 13.7. The molecule has 0 aliphatic heterocycles. The number of carbonyl (C=O) groups is 3. The second-order valence-corrected chi connectivity index (χ2v) is 11.2. The maximum atomic E-state index is 12.8. The minimum atomic E-state index is -0.733. The summed E-state index contributed by atoms with van der Waals surface area (Å²) in [6.45, 7) is 17.0. The summed E-state index contributed by atoms with van der Waals surface area (Å²) in [4.78, 5) is 41.0. The number of nitrogens with one attached hydrogen (secondary N) is 2. The van der Waals surface area contributed by atoms with E-state index >= 15 is 0 Å². The van der Waals surface area contributed by atoms with Crippen LogP contribution in [0.4, 0.5) is 0 Å². The van der Waals surface area contributed by atoms with Crippen LogP contribution in [0.2, 0.25) is 0 Å². The summed E-state index contributed by atoms with van der Waals surface area (Å²) in [6, 6.07) is -0.733. The molecule has 2 amide bonds. The summed E-state index contributed by atoms with van der Waals surface area (Å²) in [5.74, 6) is -1.00. The van der Waals surface area contributed by atoms with E-state index in [-0.39, 0.29) is 39.9 Å². The number of rotatable bonds is 8. The zero-order valence-corrected chi connectivity index (χ0v) is 24.3. The van der Waals surface area contributed by atoms with Crippen LogP contribution in [0.5, 0.6) is 0 Å². The molecule has 0 aromatic carbocycles. The van der Waals surface area contributed by atoms with Crippen LogP contribution in [0.15, 0.2) is 40.4 Å². The molecule has 4 N–H and O–H groups in total. The van der Waals surface area contributed by atoms with E-state index in [0.717, 1.165) is 17.5 Å². The Kier molecular flexibility index (Phi) is 15.8. The molecule has 0 bridgehead atoms. The van der Waals surface area contributed by atoms with E-state index in [1.807, 2.05) is 48.5 Å². The van der Waals surface area contributed by atoms with Crippen molar-refractivity contribution < 1.29 is 19.1 Å². The van der Waals surface area contributed by atoms with Crippen molar-refractivity contribution in [3.8, 4) is 0 Å². The lowest BCUT2D eigenvalue weighted by molar-refractivity contribution is -0.146. The number of carbonyl (C=O) groups excluding carboxylic acids is 3. The molecule has 1 aliphatic carbocycles. The van der Waals surface area contributed by atoms with E-state index in [1.165, 1.54) is 5.41 Å². The quantitative estimate of drug-likeness (QED) is 0.167. The van der Waals surface area contributed by atoms with Crippen LogP contribution in [-0.2, 0) is 19.1 Å². The van der Waals surface area contributed by atoms with Gasteiger partial charge in [-0.25, -0.2) is 4.99 Å². The Balaban J connectivity index is 0.00000562. The molecule has 0 fully saturated rings. The number of ether oxygens (including phenoxy) is 1. The third-order valence-electron chi connectivity index (χ3n) is 4.56. The van der Waals surface area contributed by atoms with Gasteiger partial charge in [-0.2, -0.15) is 0 Å². The summed E-state index contributed by atoms with van der Waals surface area (Å²) in [6.07, 6.45) is 4.97. The van der Waals surface area contributed by atoms with E-state index in [4.69, 9.17) is 10.5 Å². The van der Waals surface area contributed by atoms with Gasteiger partial charge in [0.1, 0.15) is 6.04 Å². The van der Waals surface area contributed by atoms with Crippen LogP contribution >= 0.6 is 27.7 Å². The first-order valence-electron chi connectivity index (χ1n) is 11.7. The summed E-state index contributed by atoms with van der Waals surface area (Å²) in [5.41, 5.74) is 6.89. The van der Waals surface area contributed by atoms with Crippen molar-refractivity contribution in [2.75, 3.05) is 6.73 Å². The van der Waals surface area contributed by atoms with Gasteiger partial charge in [-0.15, -0.1) is 0 Å². The zero-order valence-electron chi connectivity index (χ0n) is 21.9. The van der Waals surface area contributed by atoms with Crippen molar-refractivity contribution in [1.82, 2.24) is 10.6 Å². The van der Waals surface area contributed by atoms with Crippen molar-refractivity contribution in [3.63, 3.8) is 0 Å². The van der Waals surface area contributed by atoms with Gasteiger partial charge in [0, 0.05) is 17.7 Å². The topological polar surface area (TPSA) is 123 Å². The summed E-state index contributed by atoms with van der Waals surface area (Å²) in [5, 5.41) is 7.43. The highest BCUT2D eigenvalue weighted by atomic mass is 79.9. The largest absolute Gasteiger partial charge is 0.441 e. The number of alkyl halides is 1. The highest BCUT2D eigenvalue weighted by molar-refractivity contribution is 9.09. The molecular weight excluding hydrogens is 532 g/mol. The zero-order chi connectivity index (χ0) is 27.2. The summed E-state index contributed by atoms with van der Waals surface area (Å²) >= 11 is 4.69. The van der Waals surface area contributed by atoms with Gasteiger partial charge in [0.25, 0.3) is 5.91 Å². The predicted molar refractivity (Wildman–Crippen MR) is 149 cm³/mol. The predicted octanol–water partition coefficient (Wildman–Crippen LogP) is 4.77. The average molecular weight is 574 g/mol. The molecule has 2 unspecified atom stereocenters. The first kappa shape index (κ1) is 33.1. The van der Waals surface area contributed by atoms with Crippen LogP contribution in [-0.4, -0.2) is 40.6 Å². The molecule has 0 heterocycles. The Morgan fingerprint density at radius 2 is 1.94 bits per heavy atom. The summed E-state index contributed by atoms with van der Waals surface area (Å²) in [7, 11) is 0. The molecule has 2 atom stereocenters. The molecule has 0 saturated carbocycles. The van der Waals surface area contributed by atoms with Gasteiger partial charge in [-0.1, -0.05) is 88.8 Å². The number of amides is 2. The number of thioether (sulfide) groups is 1. The minimum absolute atomic E-state index is 0.0557. The van der Waals surface area contributed by atoms with Crippen LogP contribution < -0.4 is 16.4 Å². The number of hydrogen-bond acceptors (Lipinski definition) is 7. The number of amidine groups is 1. The lowest BCUT2D eigenvalue weighted by atomic mass is 9.92. The molecule has 198 valence electrons. The van der Waals surface area contributed by atoms with Crippen molar-refractivity contribution in [2.24, 2.45) is 22.1 Å². The molecule has 1 rings (SSSR count). The maximum absolute atomic E-state index is 12.8. The van der Waals surface area contributed by atoms with Gasteiger partial charge in [-0.3, -0.25) is 14.4 Å². The SMILES string of the molecule is C=CS/C(=N/COC(=O)C(N)C(C)C)NC(=O)C1=CC=C(NC(=O)CC(C)(C)C)C(Br)CC1.CC. The van der Waals surface area contributed by atoms with E-state index in [2.05, 4.69) is 38.1 Å². The van der Waals surface area contributed by atoms with Gasteiger partial charge in [-0.05, 0) is 35.7 Å². The highest BCUT2D eigenvalue weighted by Gasteiger charge is 2.23. The van der Waals surface area contributed by atoms with Crippen molar-refractivity contribution in [1.29, 1.82) is 0 Å². The molecule has 0 radical (unpaired) electrons. The van der Waals surface area contributed by atoms with Crippen LogP contribution in [0.25, 0.3) is 0 Å². The second-order valence-electron chi connectivity index (χ2n) is 9.17. The molecule has 0 aromatic rings. The van der Waals surface area contributed by atoms with E-state index in [9.17, 15) is 14.4 Å². The van der Waals surface area contributed by atoms with Gasteiger partial charge in [0.15, 0.2) is 11.9 Å². The van der Waals surface area contributed by atoms with Crippen LogP contribution in [0.1, 0.15) is 67.7 Å². The Labute approximate surface area is 222 Å². The molecule has 35 heavy (non-hydrogen) atoms. The monoisotopic (exact) mass is 572 g/mol. The number of allylic oxidation sites excluding steroid dienone is 3. The second kappa shape index (κ2) is 16.7. The Hall–Kier alpha value is -1.91. The van der Waals surface area contributed by atoms with Crippen molar-refractivity contribution in [2.45, 2.75) is 78.6 Å². The summed E-state index contributed by atoms with van der Waals surface area (Å²) < 4.78 is 5.07. The highest BCUT2D eigenvalue weighted by Crippen LogP contribution is 2.25. The number of nitrogens with zero attached hydrogens (tertiary/aromatic N) is 1. The van der Waals surface area contributed by atoms with Gasteiger partial charge < -0.3 is 21.1 Å². The Morgan fingerprint density at radius 1 is 1.31 bits per heavy atom. The third-order valence-corrected chi connectivity index (χ3v) is 6.13. The number of esters is 1. The number of hydrogen-bond donors (Lipinski definition) is 3. The first-order valence-corrected chi connectivity index (χ1v) is 13.5. The van der Waals surface area contributed by atoms with Gasteiger partial charge in [0.2, 0.25) is 5.91 Å². The Morgan fingerprint density at radius 3 is 2.49 bits per heavy atom. The molecular formula is C25H41BrN4O4S. The van der Waals surface area contributed by atoms with Gasteiger partial charge >= 0.3 is 5.97 Å². The molecule has 0 saturated heterocycles. The van der Waals surface area contributed by atoms with Crippen molar-refractivity contribution in [3.05, 3.63) is 35.4 Å². The smallest absolute Gasteiger partial charge is 0.324 e. The van der Waals surface area contributed by atoms with Crippen molar-refractivity contribution >= 4 is 50.6 Å². The molecule has 10 heteroatoms. The lowest BCUT2D eigenvalue weighted by Gasteiger charge is -2.19. The number of aliphatic imine (C=N–C) groups is 1. The molecule has 0 spiro atoms. The maximum Gasteiger partial charge on any atom is 0.324 e. The molecule has 8 nitrogen and oxygen atoms in total. The lowest BCUT2D eigenvalue weighted by Crippen LogP contribution is -2.37. The number of halogens is 1. The first-order chi connectivity index (χ1) is 16.3. The van der Waals surface area contributed by atoms with Crippen LogP contribution in [0, 0.1) is 11.3 Å². The standard InChI is InChI=1S/C23H35BrN4O4S.C2H6/c1-7-33-22(26-13-32-21(31)19(25)14(2)3)28-20(30)15-8-10-16(24)17(11-9-15)27-18(29)12-23(4,5)6;1-2/h7,9,11,14,16,19H,1,8,10,12-13,25H2,2-6H3,(H,27,29)(H,26,28,30);1-2H3.